The molecule has 0 unspecified atom stereocenters. The van der Waals surface area contributed by atoms with E-state index in [2.05, 4.69) is 58.1 Å². The summed E-state index contributed by atoms with van der Waals surface area (Å²) in [6, 6.07) is 15.8. The smallest absolute Gasteiger partial charge is 0.341 e. The minimum atomic E-state index is -1.04. The lowest BCUT2D eigenvalue weighted by molar-refractivity contribution is -0.139. The summed E-state index contributed by atoms with van der Waals surface area (Å²) in [5.41, 5.74) is 5.33. The van der Waals surface area contributed by atoms with E-state index in [9.17, 15) is 4.79 Å². The lowest BCUT2D eigenvalue weighted by Crippen LogP contribution is -2.10. The van der Waals surface area contributed by atoms with Crippen molar-refractivity contribution in [3.63, 3.8) is 0 Å². The van der Waals surface area contributed by atoms with Crippen LogP contribution in [0.5, 0.6) is 11.5 Å². The second-order valence-corrected chi connectivity index (χ2v) is 7.94. The Labute approximate surface area is 198 Å². The molecule has 2 N–H and O–H groups in total. The Morgan fingerprint density at radius 2 is 1.94 bits per heavy atom. The van der Waals surface area contributed by atoms with E-state index >= 15 is 0 Å². The highest BCUT2D eigenvalue weighted by atomic mass is 16.5. The van der Waals surface area contributed by atoms with Gasteiger partial charge in [0.2, 0.25) is 0 Å². The predicted octanol–water partition coefficient (Wildman–Crippen LogP) is 4.46. The van der Waals surface area contributed by atoms with Crippen molar-refractivity contribution in [1.29, 1.82) is 0 Å². The standard InChI is InChI=1S/C26H28N4O4/c1-4-33-23-13-19(8-9-22(23)34-15-25(31)32)21-14-24(29-16-28-21)27-11-10-18-6-5-7-20-12-17(2)30(3)26(18)20/h5-9,12-14,16H,4,10-11,15H2,1-3H3,(H,31,32)(H,27,28,29). The van der Waals surface area contributed by atoms with Gasteiger partial charge in [0, 0.05) is 36.3 Å². The third kappa shape index (κ3) is 5.11. The summed E-state index contributed by atoms with van der Waals surface area (Å²) in [5, 5.41) is 13.5. The first-order valence-corrected chi connectivity index (χ1v) is 11.2. The van der Waals surface area contributed by atoms with E-state index in [-0.39, 0.29) is 0 Å². The Morgan fingerprint density at radius 1 is 1.09 bits per heavy atom. The second kappa shape index (κ2) is 10.2. The van der Waals surface area contributed by atoms with E-state index in [4.69, 9.17) is 14.6 Å². The van der Waals surface area contributed by atoms with Crippen LogP contribution in [0.15, 0.2) is 54.9 Å². The molecule has 176 valence electrons. The van der Waals surface area contributed by atoms with Crippen LogP contribution in [0.2, 0.25) is 0 Å². The van der Waals surface area contributed by atoms with E-state index in [0.29, 0.717) is 18.1 Å². The molecule has 0 aliphatic rings. The number of carboxylic acids is 1. The van der Waals surface area contributed by atoms with Crippen LogP contribution in [-0.2, 0) is 18.3 Å². The number of rotatable bonds is 10. The molecule has 2 aromatic carbocycles. The van der Waals surface area contributed by atoms with Gasteiger partial charge in [0.05, 0.1) is 17.8 Å². The summed E-state index contributed by atoms with van der Waals surface area (Å²) in [4.78, 5) is 19.6. The van der Waals surface area contributed by atoms with Gasteiger partial charge in [-0.3, -0.25) is 0 Å². The topological polar surface area (TPSA) is 98.5 Å². The van der Waals surface area contributed by atoms with Crippen LogP contribution in [0.4, 0.5) is 5.82 Å². The number of carbonyl (C=O) groups is 1. The van der Waals surface area contributed by atoms with E-state index in [1.165, 1.54) is 28.5 Å². The van der Waals surface area contributed by atoms with Crippen LogP contribution >= 0.6 is 0 Å². The van der Waals surface area contributed by atoms with E-state index in [0.717, 1.165) is 30.0 Å². The molecule has 4 aromatic rings. The highest BCUT2D eigenvalue weighted by molar-refractivity contribution is 5.84. The van der Waals surface area contributed by atoms with Gasteiger partial charge in [-0.2, -0.15) is 0 Å². The second-order valence-electron chi connectivity index (χ2n) is 7.94. The van der Waals surface area contributed by atoms with E-state index < -0.39 is 12.6 Å². The zero-order valence-corrected chi connectivity index (χ0v) is 19.5. The van der Waals surface area contributed by atoms with Crippen molar-refractivity contribution in [2.24, 2.45) is 7.05 Å². The van der Waals surface area contributed by atoms with Crippen molar-refractivity contribution >= 4 is 22.7 Å². The maximum atomic E-state index is 10.8. The van der Waals surface area contributed by atoms with Crippen LogP contribution in [0.3, 0.4) is 0 Å². The van der Waals surface area contributed by atoms with Gasteiger partial charge in [-0.25, -0.2) is 14.8 Å². The van der Waals surface area contributed by atoms with Crippen LogP contribution < -0.4 is 14.8 Å². The largest absolute Gasteiger partial charge is 0.490 e. The minimum Gasteiger partial charge on any atom is -0.490 e. The molecule has 8 heteroatoms. The number of aliphatic carboxylic acids is 1. The summed E-state index contributed by atoms with van der Waals surface area (Å²) in [7, 11) is 2.10. The number of carboxylic acid groups (broad SMARTS) is 1. The number of fused-ring (bicyclic) bond motifs is 1. The Bertz CT molecular complexity index is 1320. The third-order valence-electron chi connectivity index (χ3n) is 5.64. The number of anilines is 1. The Kier molecular flexibility index (Phi) is 6.96. The predicted molar refractivity (Wildman–Crippen MR) is 132 cm³/mol. The lowest BCUT2D eigenvalue weighted by Gasteiger charge is -2.13. The highest BCUT2D eigenvalue weighted by Gasteiger charge is 2.12. The number of ether oxygens (including phenoxy) is 2. The molecular weight excluding hydrogens is 432 g/mol. The Morgan fingerprint density at radius 3 is 2.74 bits per heavy atom. The maximum Gasteiger partial charge on any atom is 0.341 e. The SMILES string of the molecule is CCOc1cc(-c2cc(NCCc3cccc4cc(C)n(C)c34)ncn2)ccc1OCC(=O)O. The van der Waals surface area contributed by atoms with Crippen molar-refractivity contribution in [2.45, 2.75) is 20.3 Å². The molecule has 0 aliphatic heterocycles. The average molecular weight is 461 g/mol. The summed E-state index contributed by atoms with van der Waals surface area (Å²) >= 11 is 0. The fourth-order valence-electron chi connectivity index (χ4n) is 3.97. The van der Waals surface area contributed by atoms with Gasteiger partial charge < -0.3 is 24.5 Å². The number of aryl methyl sites for hydroxylation is 2. The van der Waals surface area contributed by atoms with Gasteiger partial charge >= 0.3 is 5.97 Å². The molecule has 2 heterocycles. The number of nitrogens with zero attached hydrogens (tertiary/aromatic N) is 3. The van der Waals surface area contributed by atoms with Crippen molar-refractivity contribution in [2.75, 3.05) is 25.1 Å². The maximum absolute atomic E-state index is 10.8. The number of para-hydroxylation sites is 1. The van der Waals surface area contributed by atoms with Crippen LogP contribution in [0.25, 0.3) is 22.2 Å². The molecule has 2 aromatic heterocycles. The molecule has 34 heavy (non-hydrogen) atoms. The molecule has 0 radical (unpaired) electrons. The Balaban J connectivity index is 1.48. The first kappa shape index (κ1) is 23.1. The van der Waals surface area contributed by atoms with Crippen molar-refractivity contribution in [3.8, 4) is 22.8 Å². The van der Waals surface area contributed by atoms with Crippen molar-refractivity contribution in [1.82, 2.24) is 14.5 Å². The number of benzene rings is 2. The quantitative estimate of drug-likeness (QED) is 0.360. The summed E-state index contributed by atoms with van der Waals surface area (Å²) in [6.07, 6.45) is 2.38. The number of hydrogen-bond acceptors (Lipinski definition) is 6. The molecular formula is C26H28N4O4. The molecule has 0 fully saturated rings. The van der Waals surface area contributed by atoms with E-state index in [1.54, 1.807) is 12.1 Å². The molecule has 0 amide bonds. The first-order chi connectivity index (χ1) is 16.5. The number of aromatic nitrogens is 3. The van der Waals surface area contributed by atoms with Gasteiger partial charge in [-0.15, -0.1) is 0 Å². The van der Waals surface area contributed by atoms with Gasteiger partial charge in [0.1, 0.15) is 12.1 Å². The molecule has 0 aliphatic carbocycles. The van der Waals surface area contributed by atoms with Gasteiger partial charge in [-0.1, -0.05) is 18.2 Å². The average Bonchev–Trinajstić information content (AvgIpc) is 3.12. The molecule has 0 saturated carbocycles. The highest BCUT2D eigenvalue weighted by Crippen LogP contribution is 2.32. The monoisotopic (exact) mass is 460 g/mol. The van der Waals surface area contributed by atoms with Crippen molar-refractivity contribution < 1.29 is 19.4 Å². The molecule has 0 spiro atoms. The van der Waals surface area contributed by atoms with Crippen LogP contribution in [0.1, 0.15) is 18.2 Å². The van der Waals surface area contributed by atoms with Gasteiger partial charge in [0.25, 0.3) is 0 Å². The summed E-state index contributed by atoms with van der Waals surface area (Å²) < 4.78 is 13.2. The zero-order valence-electron chi connectivity index (χ0n) is 19.5. The summed E-state index contributed by atoms with van der Waals surface area (Å²) in [5.74, 6) is 0.534. The number of nitrogens with one attached hydrogen (secondary N) is 1. The number of hydrogen-bond donors (Lipinski definition) is 2. The van der Waals surface area contributed by atoms with Crippen LogP contribution in [-0.4, -0.2) is 45.4 Å². The molecule has 8 nitrogen and oxygen atoms in total. The van der Waals surface area contributed by atoms with Crippen LogP contribution in [0, 0.1) is 6.92 Å². The Hall–Kier alpha value is -4.07. The van der Waals surface area contributed by atoms with Gasteiger partial charge in [-0.05, 0) is 50.1 Å². The van der Waals surface area contributed by atoms with Gasteiger partial charge in [0.15, 0.2) is 18.1 Å². The fourth-order valence-corrected chi connectivity index (χ4v) is 3.97. The zero-order chi connectivity index (χ0) is 24.1. The fraction of sp³-hybridized carbons (Fsp3) is 0.269. The molecule has 4 rings (SSSR count). The first-order valence-electron chi connectivity index (χ1n) is 11.2. The molecule has 0 bridgehead atoms. The minimum absolute atomic E-state index is 0.380. The normalized spacial score (nSPS) is 10.9. The molecule has 0 saturated heterocycles. The van der Waals surface area contributed by atoms with Crippen molar-refractivity contribution in [3.05, 3.63) is 66.1 Å². The third-order valence-corrected chi connectivity index (χ3v) is 5.64. The molecule has 0 atom stereocenters. The summed E-state index contributed by atoms with van der Waals surface area (Å²) in [6.45, 7) is 4.70. The lowest BCUT2D eigenvalue weighted by atomic mass is 10.1. The van der Waals surface area contributed by atoms with E-state index in [1.807, 2.05) is 19.1 Å².